The zero-order chi connectivity index (χ0) is 17.2. The van der Waals surface area contributed by atoms with Crippen molar-refractivity contribution in [2.24, 2.45) is 4.99 Å². The van der Waals surface area contributed by atoms with Crippen molar-refractivity contribution < 1.29 is 19.0 Å². The highest BCUT2D eigenvalue weighted by Gasteiger charge is 2.32. The van der Waals surface area contributed by atoms with Crippen LogP contribution in [0.2, 0.25) is 0 Å². The van der Waals surface area contributed by atoms with Gasteiger partial charge in [0.15, 0.2) is 5.96 Å². The van der Waals surface area contributed by atoms with Gasteiger partial charge in [0.25, 0.3) is 0 Å². The Morgan fingerprint density at radius 3 is 2.83 bits per heavy atom. The van der Waals surface area contributed by atoms with Crippen LogP contribution in [0, 0.1) is 0 Å². The molecule has 0 saturated carbocycles. The topological polar surface area (TPSA) is 72.4 Å². The van der Waals surface area contributed by atoms with Crippen molar-refractivity contribution in [2.75, 3.05) is 46.5 Å². The summed E-state index contributed by atoms with van der Waals surface area (Å²) in [6.45, 7) is 6.83. The number of aliphatic imine (C=N–C) groups is 1. The van der Waals surface area contributed by atoms with E-state index < -0.39 is 0 Å². The van der Waals surface area contributed by atoms with Gasteiger partial charge in [-0.05, 0) is 32.6 Å². The number of hydrogen-bond donors (Lipinski definition) is 1. The van der Waals surface area contributed by atoms with E-state index in [0.29, 0.717) is 19.6 Å². The van der Waals surface area contributed by atoms with Crippen LogP contribution in [0.15, 0.2) is 4.99 Å². The van der Waals surface area contributed by atoms with Crippen molar-refractivity contribution in [1.29, 1.82) is 0 Å². The van der Waals surface area contributed by atoms with Crippen LogP contribution >= 0.6 is 0 Å². The van der Waals surface area contributed by atoms with Crippen molar-refractivity contribution in [2.45, 2.75) is 51.2 Å². The monoisotopic (exact) mass is 341 g/mol. The molecule has 1 N–H and O–H groups in total. The second kappa shape index (κ2) is 10.5. The highest BCUT2D eigenvalue weighted by molar-refractivity contribution is 5.80. The fourth-order valence-electron chi connectivity index (χ4n) is 3.08. The summed E-state index contributed by atoms with van der Waals surface area (Å²) in [5, 5.41) is 3.36. The third-order valence-corrected chi connectivity index (χ3v) is 4.39. The van der Waals surface area contributed by atoms with Crippen LogP contribution in [-0.4, -0.2) is 75.5 Å². The molecule has 0 amide bonds. The van der Waals surface area contributed by atoms with E-state index in [2.05, 4.69) is 21.9 Å². The van der Waals surface area contributed by atoms with Gasteiger partial charge in [-0.25, -0.2) is 0 Å². The second-order valence-corrected chi connectivity index (χ2v) is 6.18. The van der Waals surface area contributed by atoms with Crippen LogP contribution in [0.5, 0.6) is 0 Å². The van der Waals surface area contributed by atoms with Gasteiger partial charge in [0.1, 0.15) is 6.10 Å². The van der Waals surface area contributed by atoms with Crippen molar-refractivity contribution in [1.82, 2.24) is 10.2 Å². The first kappa shape index (κ1) is 19.0. The molecule has 0 bridgehead atoms. The number of unbranched alkanes of at least 4 members (excludes halogenated alkanes) is 1. The smallest absolute Gasteiger partial charge is 0.305 e. The van der Waals surface area contributed by atoms with Gasteiger partial charge >= 0.3 is 5.97 Å². The van der Waals surface area contributed by atoms with E-state index in [1.54, 1.807) is 0 Å². The lowest BCUT2D eigenvalue weighted by Crippen LogP contribution is -2.53. The van der Waals surface area contributed by atoms with Gasteiger partial charge in [-0.3, -0.25) is 9.79 Å². The Kier molecular flexibility index (Phi) is 8.32. The Balaban J connectivity index is 1.81. The number of carbonyl (C=O) groups is 1. The van der Waals surface area contributed by atoms with Crippen molar-refractivity contribution in [3.05, 3.63) is 0 Å². The molecule has 0 aromatic carbocycles. The third kappa shape index (κ3) is 5.94. The summed E-state index contributed by atoms with van der Waals surface area (Å²) in [4.78, 5) is 18.1. The summed E-state index contributed by atoms with van der Waals surface area (Å²) in [5.74, 6) is 0.778. The molecular weight excluding hydrogens is 310 g/mol. The Hall–Kier alpha value is -1.34. The molecule has 0 aromatic rings. The van der Waals surface area contributed by atoms with Crippen LogP contribution in [0.4, 0.5) is 0 Å². The molecule has 24 heavy (non-hydrogen) atoms. The highest BCUT2D eigenvalue weighted by Crippen LogP contribution is 2.21. The maximum absolute atomic E-state index is 11.1. The van der Waals surface area contributed by atoms with Gasteiger partial charge in [0.2, 0.25) is 0 Å². The second-order valence-electron chi connectivity index (χ2n) is 6.18. The first-order valence-electron chi connectivity index (χ1n) is 9.08. The number of nitrogens with one attached hydrogen (secondary N) is 1. The van der Waals surface area contributed by atoms with E-state index in [1.165, 1.54) is 7.11 Å². The summed E-state index contributed by atoms with van der Waals surface area (Å²) >= 11 is 0. The standard InChI is InChI=1S/C17H31N3O4/c1-3-18-17(19-9-5-4-8-16(21)22-2)20-10-12-24-15(13-20)14-7-6-11-23-14/h14-15H,3-13H2,1-2H3,(H,18,19). The minimum absolute atomic E-state index is 0.129. The van der Waals surface area contributed by atoms with Gasteiger partial charge in [-0.1, -0.05) is 0 Å². The van der Waals surface area contributed by atoms with Crippen molar-refractivity contribution in [3.63, 3.8) is 0 Å². The van der Waals surface area contributed by atoms with Crippen LogP contribution < -0.4 is 5.32 Å². The van der Waals surface area contributed by atoms with E-state index in [-0.39, 0.29) is 18.2 Å². The van der Waals surface area contributed by atoms with Gasteiger partial charge in [0, 0.05) is 39.2 Å². The van der Waals surface area contributed by atoms with E-state index in [9.17, 15) is 4.79 Å². The molecule has 0 spiro atoms. The number of hydrogen-bond acceptors (Lipinski definition) is 5. The molecular formula is C17H31N3O4. The minimum Gasteiger partial charge on any atom is -0.469 e. The quantitative estimate of drug-likeness (QED) is 0.324. The molecule has 2 aliphatic rings. The zero-order valence-corrected chi connectivity index (χ0v) is 15.0. The third-order valence-electron chi connectivity index (χ3n) is 4.39. The largest absolute Gasteiger partial charge is 0.469 e. The lowest BCUT2D eigenvalue weighted by atomic mass is 10.1. The molecule has 7 nitrogen and oxygen atoms in total. The Morgan fingerprint density at radius 1 is 1.29 bits per heavy atom. The van der Waals surface area contributed by atoms with Gasteiger partial charge < -0.3 is 24.4 Å². The molecule has 2 rings (SSSR count). The minimum atomic E-state index is -0.154. The van der Waals surface area contributed by atoms with E-state index in [1.807, 2.05) is 0 Å². The maximum atomic E-state index is 11.1. The fraction of sp³-hybridized carbons (Fsp3) is 0.882. The van der Waals surface area contributed by atoms with Crippen molar-refractivity contribution in [3.8, 4) is 0 Å². The predicted octanol–water partition coefficient (Wildman–Crippen LogP) is 1.18. The van der Waals surface area contributed by atoms with Crippen LogP contribution in [0.1, 0.15) is 39.0 Å². The lowest BCUT2D eigenvalue weighted by Gasteiger charge is -2.37. The van der Waals surface area contributed by atoms with Crippen LogP contribution in [0.25, 0.3) is 0 Å². The predicted molar refractivity (Wildman–Crippen MR) is 92.1 cm³/mol. The number of carbonyl (C=O) groups excluding carboxylic acids is 1. The molecule has 2 aliphatic heterocycles. The summed E-state index contributed by atoms with van der Waals surface area (Å²) in [6, 6.07) is 0. The van der Waals surface area contributed by atoms with Gasteiger partial charge in [0.05, 0.1) is 19.8 Å². The van der Waals surface area contributed by atoms with E-state index in [4.69, 9.17) is 14.5 Å². The SMILES string of the molecule is CCNC(=NCCCCC(=O)OC)N1CCOC(C2CCCO2)C1. The molecule has 2 saturated heterocycles. The zero-order valence-electron chi connectivity index (χ0n) is 15.0. The summed E-state index contributed by atoms with van der Waals surface area (Å²) in [6.07, 6.45) is 4.70. The van der Waals surface area contributed by atoms with E-state index in [0.717, 1.165) is 57.9 Å². The first-order chi connectivity index (χ1) is 11.7. The molecule has 7 heteroatoms. The number of rotatable bonds is 7. The van der Waals surface area contributed by atoms with Gasteiger partial charge in [-0.15, -0.1) is 0 Å². The molecule has 2 heterocycles. The molecule has 138 valence electrons. The van der Waals surface area contributed by atoms with E-state index >= 15 is 0 Å². The molecule has 0 aliphatic carbocycles. The van der Waals surface area contributed by atoms with Crippen LogP contribution in [-0.2, 0) is 19.0 Å². The van der Waals surface area contributed by atoms with Gasteiger partial charge in [-0.2, -0.15) is 0 Å². The summed E-state index contributed by atoms with van der Waals surface area (Å²) in [7, 11) is 1.42. The number of morpholine rings is 1. The summed E-state index contributed by atoms with van der Waals surface area (Å²) in [5.41, 5.74) is 0. The molecule has 2 unspecified atom stereocenters. The molecule has 0 radical (unpaired) electrons. The fourth-order valence-corrected chi connectivity index (χ4v) is 3.08. The molecule has 0 aromatic heterocycles. The first-order valence-corrected chi connectivity index (χ1v) is 9.08. The number of nitrogens with zero attached hydrogens (tertiary/aromatic N) is 2. The number of guanidine groups is 1. The van der Waals surface area contributed by atoms with Crippen LogP contribution in [0.3, 0.4) is 0 Å². The lowest BCUT2D eigenvalue weighted by molar-refractivity contribution is -0.140. The summed E-state index contributed by atoms with van der Waals surface area (Å²) < 4.78 is 16.3. The number of methoxy groups -OCH3 is 1. The molecule has 2 atom stereocenters. The number of ether oxygens (including phenoxy) is 3. The Bertz CT molecular complexity index is 411. The Morgan fingerprint density at radius 2 is 2.12 bits per heavy atom. The average Bonchev–Trinajstić information content (AvgIpc) is 3.15. The number of esters is 1. The highest BCUT2D eigenvalue weighted by atomic mass is 16.5. The maximum Gasteiger partial charge on any atom is 0.305 e. The average molecular weight is 341 g/mol. The normalized spacial score (nSPS) is 24.9. The molecule has 2 fully saturated rings. The van der Waals surface area contributed by atoms with Crippen molar-refractivity contribution >= 4 is 11.9 Å². The Labute approximate surface area is 144 Å².